The van der Waals surface area contributed by atoms with Crippen LogP contribution in [-0.2, 0) is 17.8 Å². The average Bonchev–Trinajstić information content (AvgIpc) is 2.53. The SMILES string of the molecule is CCCCCC(N)(CCC1Cc2ccccc2CN1)C(=O)O. The van der Waals surface area contributed by atoms with Crippen molar-refractivity contribution in [3.05, 3.63) is 35.4 Å². The zero-order valence-corrected chi connectivity index (χ0v) is 13.5. The van der Waals surface area contributed by atoms with Gasteiger partial charge in [0.15, 0.2) is 0 Å². The fourth-order valence-corrected chi connectivity index (χ4v) is 3.19. The first-order valence-electron chi connectivity index (χ1n) is 8.37. The van der Waals surface area contributed by atoms with Crippen LogP contribution in [0.5, 0.6) is 0 Å². The highest BCUT2D eigenvalue weighted by atomic mass is 16.4. The van der Waals surface area contributed by atoms with Crippen molar-refractivity contribution < 1.29 is 9.90 Å². The van der Waals surface area contributed by atoms with E-state index in [-0.39, 0.29) is 0 Å². The summed E-state index contributed by atoms with van der Waals surface area (Å²) in [5.74, 6) is -0.861. The van der Waals surface area contributed by atoms with Crippen molar-refractivity contribution in [2.75, 3.05) is 0 Å². The fourth-order valence-electron chi connectivity index (χ4n) is 3.19. The van der Waals surface area contributed by atoms with Crippen LogP contribution in [0.1, 0.15) is 56.6 Å². The van der Waals surface area contributed by atoms with Gasteiger partial charge in [0.05, 0.1) is 0 Å². The van der Waals surface area contributed by atoms with Gasteiger partial charge in [-0.3, -0.25) is 4.79 Å². The van der Waals surface area contributed by atoms with Gasteiger partial charge in [0.1, 0.15) is 5.54 Å². The molecule has 1 aromatic carbocycles. The third kappa shape index (κ3) is 4.31. The molecule has 0 bridgehead atoms. The summed E-state index contributed by atoms with van der Waals surface area (Å²) in [5.41, 5.74) is 7.81. The average molecular weight is 304 g/mol. The van der Waals surface area contributed by atoms with Gasteiger partial charge in [-0.1, -0.05) is 50.5 Å². The van der Waals surface area contributed by atoms with E-state index in [1.165, 1.54) is 11.1 Å². The van der Waals surface area contributed by atoms with Crippen molar-refractivity contribution in [3.63, 3.8) is 0 Å². The second-order valence-electron chi connectivity index (χ2n) is 6.51. The maximum absolute atomic E-state index is 11.5. The Balaban J connectivity index is 1.89. The summed E-state index contributed by atoms with van der Waals surface area (Å²) < 4.78 is 0. The highest BCUT2D eigenvalue weighted by Crippen LogP contribution is 2.23. The molecule has 4 heteroatoms. The quantitative estimate of drug-likeness (QED) is 0.646. The Kier molecular flexibility index (Phi) is 5.98. The van der Waals surface area contributed by atoms with E-state index in [1.54, 1.807) is 0 Å². The molecule has 122 valence electrons. The molecule has 0 aliphatic carbocycles. The minimum atomic E-state index is -1.08. The molecule has 0 saturated heterocycles. The molecule has 2 unspecified atom stereocenters. The van der Waals surface area contributed by atoms with Crippen LogP contribution in [-0.4, -0.2) is 22.7 Å². The number of fused-ring (bicyclic) bond motifs is 1. The Hall–Kier alpha value is -1.39. The molecule has 1 heterocycles. The molecule has 2 rings (SSSR count). The highest BCUT2D eigenvalue weighted by molar-refractivity contribution is 5.78. The van der Waals surface area contributed by atoms with Gasteiger partial charge >= 0.3 is 5.97 Å². The Bertz CT molecular complexity index is 504. The number of carboxylic acids is 1. The third-order valence-electron chi connectivity index (χ3n) is 4.76. The van der Waals surface area contributed by atoms with Crippen LogP contribution in [0.2, 0.25) is 0 Å². The van der Waals surface area contributed by atoms with Gasteiger partial charge in [0.25, 0.3) is 0 Å². The zero-order valence-electron chi connectivity index (χ0n) is 13.5. The van der Waals surface area contributed by atoms with E-state index >= 15 is 0 Å². The first-order chi connectivity index (χ1) is 10.5. The number of rotatable bonds is 8. The number of aliphatic carboxylic acids is 1. The topological polar surface area (TPSA) is 75.3 Å². The molecule has 4 nitrogen and oxygen atoms in total. The maximum Gasteiger partial charge on any atom is 0.323 e. The third-order valence-corrected chi connectivity index (χ3v) is 4.76. The first kappa shape index (κ1) is 17.0. The molecule has 22 heavy (non-hydrogen) atoms. The van der Waals surface area contributed by atoms with Crippen molar-refractivity contribution in [1.29, 1.82) is 0 Å². The number of benzene rings is 1. The summed E-state index contributed by atoms with van der Waals surface area (Å²) in [6.45, 7) is 2.98. The lowest BCUT2D eigenvalue weighted by molar-refractivity contribution is -0.144. The lowest BCUT2D eigenvalue weighted by Crippen LogP contribution is -2.49. The normalized spacial score (nSPS) is 20.2. The molecule has 0 radical (unpaired) electrons. The molecule has 1 aromatic rings. The molecule has 0 spiro atoms. The minimum absolute atomic E-state index is 0.323. The molecular formula is C18H28N2O2. The van der Waals surface area contributed by atoms with Gasteiger partial charge in [-0.15, -0.1) is 0 Å². The van der Waals surface area contributed by atoms with E-state index in [0.29, 0.717) is 18.9 Å². The summed E-state index contributed by atoms with van der Waals surface area (Å²) in [7, 11) is 0. The van der Waals surface area contributed by atoms with Crippen molar-refractivity contribution in [2.24, 2.45) is 5.73 Å². The predicted molar refractivity (Wildman–Crippen MR) is 88.7 cm³/mol. The van der Waals surface area contributed by atoms with E-state index in [9.17, 15) is 9.90 Å². The summed E-state index contributed by atoms with van der Waals surface area (Å²) in [6.07, 6.45) is 5.88. The van der Waals surface area contributed by atoms with Crippen molar-refractivity contribution in [1.82, 2.24) is 5.32 Å². The smallest absolute Gasteiger partial charge is 0.323 e. The summed E-state index contributed by atoms with van der Waals surface area (Å²) in [6, 6.07) is 8.76. The van der Waals surface area contributed by atoms with Gasteiger partial charge in [0.2, 0.25) is 0 Å². The van der Waals surface area contributed by atoms with Gasteiger partial charge in [-0.2, -0.15) is 0 Å². The monoisotopic (exact) mass is 304 g/mol. The Morgan fingerprint density at radius 1 is 1.32 bits per heavy atom. The zero-order chi connectivity index (χ0) is 16.0. The van der Waals surface area contributed by atoms with Crippen molar-refractivity contribution in [3.8, 4) is 0 Å². The number of nitrogens with one attached hydrogen (secondary N) is 1. The molecule has 2 atom stereocenters. The van der Waals surface area contributed by atoms with E-state index in [0.717, 1.165) is 38.6 Å². The number of nitrogens with two attached hydrogens (primary N) is 1. The largest absolute Gasteiger partial charge is 0.480 e. The van der Waals surface area contributed by atoms with Gasteiger partial charge in [0, 0.05) is 12.6 Å². The van der Waals surface area contributed by atoms with E-state index in [1.807, 2.05) is 0 Å². The summed E-state index contributed by atoms with van der Waals surface area (Å²) >= 11 is 0. The fraction of sp³-hybridized carbons (Fsp3) is 0.611. The molecular weight excluding hydrogens is 276 g/mol. The van der Waals surface area contributed by atoms with Crippen molar-refractivity contribution >= 4 is 5.97 Å². The molecule has 1 aliphatic heterocycles. The van der Waals surface area contributed by atoms with Crippen LogP contribution in [0.15, 0.2) is 24.3 Å². The molecule has 0 fully saturated rings. The number of hydrogen-bond acceptors (Lipinski definition) is 3. The minimum Gasteiger partial charge on any atom is -0.480 e. The van der Waals surface area contributed by atoms with Crippen LogP contribution >= 0.6 is 0 Å². The van der Waals surface area contributed by atoms with E-state index in [4.69, 9.17) is 5.73 Å². The van der Waals surface area contributed by atoms with Gasteiger partial charge in [-0.05, 0) is 36.8 Å². The molecule has 0 saturated carbocycles. The van der Waals surface area contributed by atoms with Gasteiger partial charge in [-0.25, -0.2) is 0 Å². The number of unbranched alkanes of at least 4 members (excludes halogenated alkanes) is 2. The van der Waals surface area contributed by atoms with E-state index < -0.39 is 11.5 Å². The highest BCUT2D eigenvalue weighted by Gasteiger charge is 2.34. The molecule has 4 N–H and O–H groups in total. The molecule has 0 aromatic heterocycles. The number of carbonyl (C=O) groups is 1. The van der Waals surface area contributed by atoms with Crippen LogP contribution in [0.4, 0.5) is 0 Å². The first-order valence-corrected chi connectivity index (χ1v) is 8.37. The number of hydrogen-bond donors (Lipinski definition) is 3. The van der Waals surface area contributed by atoms with E-state index in [2.05, 4.69) is 36.5 Å². The Labute approximate surface area is 133 Å². The van der Waals surface area contributed by atoms with Crippen LogP contribution in [0.3, 0.4) is 0 Å². The Morgan fingerprint density at radius 2 is 2.05 bits per heavy atom. The van der Waals surface area contributed by atoms with Crippen LogP contribution in [0.25, 0.3) is 0 Å². The molecule has 1 aliphatic rings. The van der Waals surface area contributed by atoms with Crippen LogP contribution < -0.4 is 11.1 Å². The second-order valence-corrected chi connectivity index (χ2v) is 6.51. The lowest BCUT2D eigenvalue weighted by Gasteiger charge is -2.30. The maximum atomic E-state index is 11.5. The Morgan fingerprint density at radius 3 is 2.73 bits per heavy atom. The van der Waals surface area contributed by atoms with Crippen LogP contribution in [0, 0.1) is 0 Å². The van der Waals surface area contributed by atoms with Crippen molar-refractivity contribution in [2.45, 2.75) is 70.0 Å². The summed E-state index contributed by atoms with van der Waals surface area (Å²) in [5, 5.41) is 13.0. The lowest BCUT2D eigenvalue weighted by atomic mass is 9.85. The molecule has 0 amide bonds. The number of carboxylic acid groups (broad SMARTS) is 1. The second kappa shape index (κ2) is 7.75. The predicted octanol–water partition coefficient (Wildman–Crippen LogP) is 2.84. The summed E-state index contributed by atoms with van der Waals surface area (Å²) in [4.78, 5) is 11.5. The van der Waals surface area contributed by atoms with Gasteiger partial charge < -0.3 is 16.2 Å². The standard InChI is InChI=1S/C18H28N2O2/c1-2-3-6-10-18(19,17(21)22)11-9-16-12-14-7-4-5-8-15(14)13-20-16/h4-5,7-8,16,20H,2-3,6,9-13,19H2,1H3,(H,21,22).